The average molecular weight is 301 g/mol. The molecule has 0 saturated heterocycles. The van der Waals surface area contributed by atoms with Crippen molar-refractivity contribution in [2.24, 2.45) is 0 Å². The van der Waals surface area contributed by atoms with Crippen molar-refractivity contribution < 1.29 is 18.3 Å². The van der Waals surface area contributed by atoms with Gasteiger partial charge in [-0.05, 0) is 12.1 Å². The Kier molecular flexibility index (Phi) is 4.43. The van der Waals surface area contributed by atoms with Crippen LogP contribution in [0.1, 0.15) is 0 Å². The maximum absolute atomic E-state index is 12.1. The summed E-state index contributed by atoms with van der Waals surface area (Å²) in [7, 11) is 3.35. The minimum atomic E-state index is -2.86. The Morgan fingerprint density at radius 3 is 2.90 bits per heavy atom. The summed E-state index contributed by atoms with van der Waals surface area (Å²) >= 11 is 1.26. The van der Waals surface area contributed by atoms with Gasteiger partial charge in [0.1, 0.15) is 5.75 Å². The lowest BCUT2D eigenvalue weighted by molar-refractivity contribution is -0.125. The first-order valence-corrected chi connectivity index (χ1v) is 6.72. The lowest BCUT2D eigenvalue weighted by Gasteiger charge is -2.08. The van der Waals surface area contributed by atoms with Gasteiger partial charge in [-0.25, -0.2) is 4.98 Å². The molecule has 5 nitrogen and oxygen atoms in total. The van der Waals surface area contributed by atoms with E-state index in [1.165, 1.54) is 28.8 Å². The number of aromatic nitrogens is 2. The number of hydrogen-bond acceptors (Lipinski definition) is 4. The van der Waals surface area contributed by atoms with Crippen molar-refractivity contribution in [3.05, 3.63) is 18.2 Å². The highest BCUT2D eigenvalue weighted by molar-refractivity contribution is 7.99. The highest BCUT2D eigenvalue weighted by atomic mass is 32.2. The van der Waals surface area contributed by atoms with E-state index in [0.29, 0.717) is 16.2 Å². The van der Waals surface area contributed by atoms with Crippen LogP contribution >= 0.6 is 11.8 Å². The van der Waals surface area contributed by atoms with E-state index in [0.717, 1.165) is 0 Å². The number of rotatable bonds is 5. The number of alkyl halides is 2. The van der Waals surface area contributed by atoms with Crippen molar-refractivity contribution >= 4 is 28.7 Å². The van der Waals surface area contributed by atoms with Crippen molar-refractivity contribution in [2.45, 2.75) is 11.8 Å². The number of carbonyl (C=O) groups excluding carboxylic acids is 1. The Morgan fingerprint density at radius 1 is 1.50 bits per heavy atom. The molecule has 0 spiro atoms. The number of thioether (sulfide) groups is 1. The summed E-state index contributed by atoms with van der Waals surface area (Å²) < 4.78 is 28.5. The molecule has 0 unspecified atom stereocenters. The maximum Gasteiger partial charge on any atom is 0.387 e. The van der Waals surface area contributed by atoms with E-state index >= 15 is 0 Å². The molecule has 108 valence electrons. The van der Waals surface area contributed by atoms with E-state index in [9.17, 15) is 13.6 Å². The van der Waals surface area contributed by atoms with Crippen LogP contribution in [0.5, 0.6) is 5.75 Å². The molecule has 1 amide bonds. The number of hydrogen-bond donors (Lipinski definition) is 1. The second kappa shape index (κ2) is 6.08. The van der Waals surface area contributed by atoms with Gasteiger partial charge in [-0.3, -0.25) is 4.79 Å². The number of nitrogens with zero attached hydrogens (tertiary/aromatic N) is 2. The molecule has 0 atom stereocenters. The van der Waals surface area contributed by atoms with Crippen molar-refractivity contribution in [1.29, 1.82) is 0 Å². The van der Waals surface area contributed by atoms with Gasteiger partial charge < -0.3 is 14.6 Å². The molecule has 2 aromatic rings. The number of benzene rings is 1. The van der Waals surface area contributed by atoms with Gasteiger partial charge in [-0.15, -0.1) is 0 Å². The van der Waals surface area contributed by atoms with Crippen molar-refractivity contribution in [1.82, 2.24) is 14.9 Å². The number of H-pyrrole nitrogens is 1. The fourth-order valence-electron chi connectivity index (χ4n) is 1.47. The predicted octanol–water partition coefficient (Wildman–Crippen LogP) is 2.34. The summed E-state index contributed by atoms with van der Waals surface area (Å²) in [4.78, 5) is 20.2. The van der Waals surface area contributed by atoms with Crippen LogP contribution in [0.25, 0.3) is 11.0 Å². The molecule has 0 aliphatic heterocycles. The monoisotopic (exact) mass is 301 g/mol. The molecule has 0 radical (unpaired) electrons. The highest BCUT2D eigenvalue weighted by Gasteiger charge is 2.10. The third-order valence-electron chi connectivity index (χ3n) is 2.49. The van der Waals surface area contributed by atoms with Crippen LogP contribution in [-0.2, 0) is 4.79 Å². The molecule has 1 aromatic carbocycles. The summed E-state index contributed by atoms with van der Waals surface area (Å²) in [5.41, 5.74) is 1.22. The zero-order chi connectivity index (χ0) is 14.7. The molecule has 1 aromatic heterocycles. The van der Waals surface area contributed by atoms with Gasteiger partial charge in [-0.1, -0.05) is 11.8 Å². The topological polar surface area (TPSA) is 58.2 Å². The smallest absolute Gasteiger partial charge is 0.387 e. The van der Waals surface area contributed by atoms with Gasteiger partial charge in [0.15, 0.2) is 5.16 Å². The van der Waals surface area contributed by atoms with Gasteiger partial charge in [-0.2, -0.15) is 8.78 Å². The van der Waals surface area contributed by atoms with Crippen molar-refractivity contribution in [3.63, 3.8) is 0 Å². The largest absolute Gasteiger partial charge is 0.435 e. The van der Waals surface area contributed by atoms with E-state index < -0.39 is 6.61 Å². The average Bonchev–Trinajstić information content (AvgIpc) is 2.77. The summed E-state index contributed by atoms with van der Waals surface area (Å²) in [6.07, 6.45) is 0. The summed E-state index contributed by atoms with van der Waals surface area (Å²) in [6, 6.07) is 4.46. The zero-order valence-corrected chi connectivity index (χ0v) is 11.7. The van der Waals surface area contributed by atoms with Crippen LogP contribution in [-0.4, -0.2) is 47.2 Å². The lowest BCUT2D eigenvalue weighted by atomic mass is 10.3. The molecular formula is C12H13F2N3O2S. The molecule has 0 fully saturated rings. The number of imidazole rings is 1. The van der Waals surface area contributed by atoms with Gasteiger partial charge in [0.2, 0.25) is 5.91 Å². The molecule has 0 aliphatic rings. The van der Waals surface area contributed by atoms with E-state index in [4.69, 9.17) is 0 Å². The summed E-state index contributed by atoms with van der Waals surface area (Å²) in [5, 5.41) is 0.560. The molecule has 1 N–H and O–H groups in total. The van der Waals surface area contributed by atoms with Crippen LogP contribution in [0.15, 0.2) is 23.4 Å². The first kappa shape index (κ1) is 14.6. The molecule has 20 heavy (non-hydrogen) atoms. The normalized spacial score (nSPS) is 11.1. The van der Waals surface area contributed by atoms with Gasteiger partial charge >= 0.3 is 6.61 Å². The minimum absolute atomic E-state index is 0.0304. The zero-order valence-electron chi connectivity index (χ0n) is 10.9. The third kappa shape index (κ3) is 3.60. The second-order valence-electron chi connectivity index (χ2n) is 4.18. The van der Waals surface area contributed by atoms with Crippen LogP contribution < -0.4 is 4.74 Å². The Bertz CT molecular complexity index is 616. The number of aromatic amines is 1. The minimum Gasteiger partial charge on any atom is -0.435 e. The number of ether oxygens (including phenoxy) is 1. The van der Waals surface area contributed by atoms with Crippen molar-refractivity contribution in [2.75, 3.05) is 19.8 Å². The molecule has 1 heterocycles. The number of amides is 1. The first-order chi connectivity index (χ1) is 9.45. The third-order valence-corrected chi connectivity index (χ3v) is 3.35. The van der Waals surface area contributed by atoms with Gasteiger partial charge in [0, 0.05) is 20.2 Å². The fourth-order valence-corrected chi connectivity index (χ4v) is 2.33. The standard InChI is InChI=1S/C12H13F2N3O2S/c1-17(2)10(18)6-20-12-15-8-4-3-7(19-11(13)14)5-9(8)16-12/h3-5,11H,6H2,1-2H3,(H,15,16). The molecule has 8 heteroatoms. The number of halogens is 2. The van der Waals surface area contributed by atoms with Crippen LogP contribution in [0, 0.1) is 0 Å². The summed E-state index contributed by atoms with van der Waals surface area (Å²) in [6.45, 7) is -2.86. The second-order valence-corrected chi connectivity index (χ2v) is 5.14. The molecule has 0 saturated carbocycles. The SMILES string of the molecule is CN(C)C(=O)CSc1nc2ccc(OC(F)F)cc2[nH]1. The van der Waals surface area contributed by atoms with Crippen LogP contribution in [0.3, 0.4) is 0 Å². The Balaban J connectivity index is 2.11. The highest BCUT2D eigenvalue weighted by Crippen LogP contribution is 2.24. The summed E-state index contributed by atoms with van der Waals surface area (Å²) in [5.74, 6) is 0.293. The molecule has 0 bridgehead atoms. The van der Waals surface area contributed by atoms with Crippen LogP contribution in [0.2, 0.25) is 0 Å². The quantitative estimate of drug-likeness (QED) is 0.861. The van der Waals surface area contributed by atoms with E-state index in [-0.39, 0.29) is 17.4 Å². The first-order valence-electron chi connectivity index (χ1n) is 5.73. The van der Waals surface area contributed by atoms with Crippen molar-refractivity contribution in [3.8, 4) is 5.75 Å². The van der Waals surface area contributed by atoms with E-state index in [2.05, 4.69) is 14.7 Å². The predicted molar refractivity (Wildman–Crippen MR) is 72.1 cm³/mol. The maximum atomic E-state index is 12.1. The number of fused-ring (bicyclic) bond motifs is 1. The molecular weight excluding hydrogens is 288 g/mol. The molecule has 0 aliphatic carbocycles. The van der Waals surface area contributed by atoms with Gasteiger partial charge in [0.25, 0.3) is 0 Å². The van der Waals surface area contributed by atoms with E-state index in [1.54, 1.807) is 20.2 Å². The Morgan fingerprint density at radius 2 is 2.25 bits per heavy atom. The van der Waals surface area contributed by atoms with Crippen LogP contribution in [0.4, 0.5) is 8.78 Å². The van der Waals surface area contributed by atoms with E-state index in [1.807, 2.05) is 0 Å². The van der Waals surface area contributed by atoms with Gasteiger partial charge in [0.05, 0.1) is 16.8 Å². The Labute approximate surface area is 118 Å². The number of carbonyl (C=O) groups is 1. The molecule has 2 rings (SSSR count). The Hall–Kier alpha value is -1.83. The fraction of sp³-hybridized carbons (Fsp3) is 0.333. The lowest BCUT2D eigenvalue weighted by Crippen LogP contribution is -2.23. The number of nitrogens with one attached hydrogen (secondary N) is 1.